The van der Waals surface area contributed by atoms with Crippen molar-refractivity contribution in [2.75, 3.05) is 5.32 Å². The highest BCUT2D eigenvalue weighted by Crippen LogP contribution is 2.22. The van der Waals surface area contributed by atoms with E-state index in [1.165, 1.54) is 0 Å². The number of hydrogen-bond donors (Lipinski definition) is 1. The van der Waals surface area contributed by atoms with Gasteiger partial charge in [-0.25, -0.2) is 13.2 Å². The van der Waals surface area contributed by atoms with Gasteiger partial charge in [0.15, 0.2) is 17.5 Å². The van der Waals surface area contributed by atoms with Crippen molar-refractivity contribution in [2.45, 2.75) is 6.92 Å². The predicted octanol–water partition coefficient (Wildman–Crippen LogP) is 3.83. The maximum atomic E-state index is 13.1. The van der Waals surface area contributed by atoms with Gasteiger partial charge in [-0.1, -0.05) is 6.58 Å². The molecule has 19 heavy (non-hydrogen) atoms. The number of halogens is 3. The standard InChI is InChI=1S/C14H13F3N2/c1-8-4-13(19(3)7-8)9(2)18-10-5-11(15)14(17)12(16)6-10/h4-7,18H,2H2,1,3H3. The predicted molar refractivity (Wildman–Crippen MR) is 69.1 cm³/mol. The minimum atomic E-state index is -1.48. The Morgan fingerprint density at radius 1 is 1.16 bits per heavy atom. The Kier molecular flexibility index (Phi) is 3.38. The molecular weight excluding hydrogens is 253 g/mol. The number of rotatable bonds is 3. The van der Waals surface area contributed by atoms with Crippen LogP contribution < -0.4 is 5.32 Å². The number of anilines is 1. The van der Waals surface area contributed by atoms with E-state index >= 15 is 0 Å². The van der Waals surface area contributed by atoms with E-state index in [9.17, 15) is 13.2 Å². The molecular formula is C14H13F3N2. The summed E-state index contributed by atoms with van der Waals surface area (Å²) in [6, 6.07) is 3.66. The summed E-state index contributed by atoms with van der Waals surface area (Å²) in [4.78, 5) is 0. The van der Waals surface area contributed by atoms with Crippen LogP contribution in [0.5, 0.6) is 0 Å². The number of hydrogen-bond acceptors (Lipinski definition) is 1. The number of nitrogens with one attached hydrogen (secondary N) is 1. The fourth-order valence-electron chi connectivity index (χ4n) is 1.90. The van der Waals surface area contributed by atoms with Crippen molar-refractivity contribution < 1.29 is 13.2 Å². The Hall–Kier alpha value is -2.17. The molecule has 0 amide bonds. The molecule has 0 saturated carbocycles. The highest BCUT2D eigenvalue weighted by atomic mass is 19.2. The first kappa shape index (κ1) is 13.3. The lowest BCUT2D eigenvalue weighted by molar-refractivity contribution is 0.448. The summed E-state index contributed by atoms with van der Waals surface area (Å²) in [5, 5.41) is 2.76. The van der Waals surface area contributed by atoms with Crippen LogP contribution in [0.1, 0.15) is 11.3 Å². The zero-order valence-corrected chi connectivity index (χ0v) is 10.6. The van der Waals surface area contributed by atoms with Gasteiger partial charge in [-0.05, 0) is 18.6 Å². The second-order valence-corrected chi connectivity index (χ2v) is 4.37. The van der Waals surface area contributed by atoms with Crippen LogP contribution in [0.15, 0.2) is 31.0 Å². The fraction of sp³-hybridized carbons (Fsp3) is 0.143. The minimum absolute atomic E-state index is 0.111. The van der Waals surface area contributed by atoms with E-state index < -0.39 is 17.5 Å². The van der Waals surface area contributed by atoms with Crippen LogP contribution >= 0.6 is 0 Å². The highest BCUT2D eigenvalue weighted by molar-refractivity contribution is 5.74. The topological polar surface area (TPSA) is 17.0 Å². The molecule has 2 aromatic rings. The van der Waals surface area contributed by atoms with Gasteiger partial charge in [0.05, 0.1) is 11.4 Å². The van der Waals surface area contributed by atoms with Crippen molar-refractivity contribution in [3.8, 4) is 0 Å². The summed E-state index contributed by atoms with van der Waals surface area (Å²) in [5.41, 5.74) is 2.40. The van der Waals surface area contributed by atoms with Crippen molar-refractivity contribution in [1.82, 2.24) is 4.57 Å². The third-order valence-electron chi connectivity index (χ3n) is 2.73. The SMILES string of the molecule is C=C(Nc1cc(F)c(F)c(F)c1)c1cc(C)cn1C. The zero-order chi connectivity index (χ0) is 14.2. The number of nitrogens with zero attached hydrogens (tertiary/aromatic N) is 1. The maximum absolute atomic E-state index is 13.1. The van der Waals surface area contributed by atoms with Crippen molar-refractivity contribution in [3.05, 3.63) is 59.7 Å². The second-order valence-electron chi connectivity index (χ2n) is 4.37. The van der Waals surface area contributed by atoms with Crippen LogP contribution in [0.2, 0.25) is 0 Å². The number of aromatic nitrogens is 1. The van der Waals surface area contributed by atoms with E-state index in [0.29, 0.717) is 5.70 Å². The second kappa shape index (κ2) is 4.84. The Labute approximate surface area is 109 Å². The molecule has 1 aromatic heterocycles. The molecule has 0 aliphatic rings. The van der Waals surface area contributed by atoms with Crippen LogP contribution in [0.25, 0.3) is 5.70 Å². The first-order valence-corrected chi connectivity index (χ1v) is 5.62. The summed E-state index contributed by atoms with van der Waals surface area (Å²) in [6.45, 7) is 5.73. The molecule has 5 heteroatoms. The maximum Gasteiger partial charge on any atom is 0.194 e. The van der Waals surface area contributed by atoms with E-state index in [4.69, 9.17) is 0 Å². The first-order valence-electron chi connectivity index (χ1n) is 5.62. The lowest BCUT2D eigenvalue weighted by Gasteiger charge is -2.11. The molecule has 1 N–H and O–H groups in total. The highest BCUT2D eigenvalue weighted by Gasteiger charge is 2.12. The Morgan fingerprint density at radius 2 is 1.74 bits per heavy atom. The molecule has 100 valence electrons. The van der Waals surface area contributed by atoms with E-state index in [1.807, 2.05) is 30.8 Å². The molecule has 0 spiro atoms. The summed E-state index contributed by atoms with van der Waals surface area (Å²) in [6.07, 6.45) is 1.90. The Bertz CT molecular complexity index is 621. The minimum Gasteiger partial charge on any atom is -0.354 e. The van der Waals surface area contributed by atoms with Gasteiger partial charge in [-0.15, -0.1) is 0 Å². The smallest absolute Gasteiger partial charge is 0.194 e. The molecule has 0 bridgehead atoms. The molecule has 0 radical (unpaired) electrons. The molecule has 0 aliphatic heterocycles. The van der Waals surface area contributed by atoms with Crippen molar-refractivity contribution >= 4 is 11.4 Å². The van der Waals surface area contributed by atoms with Crippen LogP contribution in [0.3, 0.4) is 0 Å². The Balaban J connectivity index is 2.27. The lowest BCUT2D eigenvalue weighted by Crippen LogP contribution is -2.03. The molecule has 0 fully saturated rings. The lowest BCUT2D eigenvalue weighted by atomic mass is 10.2. The molecule has 0 unspecified atom stereocenters. The molecule has 2 rings (SSSR count). The van der Waals surface area contributed by atoms with Crippen molar-refractivity contribution in [1.29, 1.82) is 0 Å². The monoisotopic (exact) mass is 266 g/mol. The van der Waals surface area contributed by atoms with E-state index in [0.717, 1.165) is 23.4 Å². The molecule has 0 atom stereocenters. The quantitative estimate of drug-likeness (QED) is 0.835. The van der Waals surface area contributed by atoms with Crippen LogP contribution in [0.4, 0.5) is 18.9 Å². The van der Waals surface area contributed by atoms with Crippen LogP contribution in [-0.2, 0) is 7.05 Å². The molecule has 2 nitrogen and oxygen atoms in total. The van der Waals surface area contributed by atoms with Gasteiger partial charge in [0, 0.05) is 31.1 Å². The van der Waals surface area contributed by atoms with Gasteiger partial charge in [0.2, 0.25) is 0 Å². The van der Waals surface area contributed by atoms with Crippen molar-refractivity contribution in [3.63, 3.8) is 0 Å². The average molecular weight is 266 g/mol. The van der Waals surface area contributed by atoms with Gasteiger partial charge >= 0.3 is 0 Å². The van der Waals surface area contributed by atoms with E-state index in [2.05, 4.69) is 11.9 Å². The molecule has 1 heterocycles. The number of aryl methyl sites for hydroxylation is 2. The van der Waals surface area contributed by atoms with Gasteiger partial charge in [0.1, 0.15) is 0 Å². The first-order chi connectivity index (χ1) is 8.88. The third kappa shape index (κ3) is 2.65. The number of benzene rings is 1. The van der Waals surface area contributed by atoms with Gasteiger partial charge in [-0.3, -0.25) is 0 Å². The summed E-state index contributed by atoms with van der Waals surface area (Å²) >= 11 is 0. The summed E-state index contributed by atoms with van der Waals surface area (Å²) < 4.78 is 40.8. The summed E-state index contributed by atoms with van der Waals surface area (Å²) in [5.74, 6) is -3.96. The average Bonchev–Trinajstić information content (AvgIpc) is 2.65. The molecule has 0 saturated heterocycles. The van der Waals surface area contributed by atoms with Crippen LogP contribution in [-0.4, -0.2) is 4.57 Å². The molecule has 0 aliphatic carbocycles. The molecule has 1 aromatic carbocycles. The summed E-state index contributed by atoms with van der Waals surface area (Å²) in [7, 11) is 1.83. The largest absolute Gasteiger partial charge is 0.354 e. The van der Waals surface area contributed by atoms with Gasteiger partial charge < -0.3 is 9.88 Å². The van der Waals surface area contributed by atoms with Gasteiger partial charge in [-0.2, -0.15) is 0 Å². The zero-order valence-electron chi connectivity index (χ0n) is 10.6. The van der Waals surface area contributed by atoms with E-state index in [1.54, 1.807) is 0 Å². The van der Waals surface area contributed by atoms with Gasteiger partial charge in [0.25, 0.3) is 0 Å². The van der Waals surface area contributed by atoms with E-state index in [-0.39, 0.29) is 5.69 Å². The third-order valence-corrected chi connectivity index (χ3v) is 2.73. The normalized spacial score (nSPS) is 10.6. The Morgan fingerprint density at radius 3 is 2.21 bits per heavy atom. The fourth-order valence-corrected chi connectivity index (χ4v) is 1.90. The van der Waals surface area contributed by atoms with Crippen LogP contribution in [0, 0.1) is 24.4 Å². The van der Waals surface area contributed by atoms with Crippen molar-refractivity contribution in [2.24, 2.45) is 7.05 Å².